The molecule has 25 heavy (non-hydrogen) atoms. The van der Waals surface area contributed by atoms with Gasteiger partial charge in [-0.25, -0.2) is 9.78 Å². The van der Waals surface area contributed by atoms with Crippen LogP contribution in [0.3, 0.4) is 0 Å². The van der Waals surface area contributed by atoms with Crippen molar-refractivity contribution in [1.29, 1.82) is 0 Å². The normalized spacial score (nSPS) is 11.7. The quantitative estimate of drug-likeness (QED) is 0.724. The molecular weight excluding hydrogens is 342 g/mol. The Bertz CT molecular complexity index is 1030. The Morgan fingerprint density at radius 1 is 1.32 bits per heavy atom. The van der Waals surface area contributed by atoms with Crippen LogP contribution in [0.4, 0.5) is 9.93 Å². The second kappa shape index (κ2) is 6.03. The standard InChI is InChI=1S/C17H19N3O4S/c1-8-6-9(23-5)7-10-11(8)18-14(21)13-12(10)19-15(25-13)20-16(22)24-17(2,3)4/h6-7H,1-5H3,(H,18,21)(H,19,20,22). The van der Waals surface area contributed by atoms with Crippen molar-refractivity contribution in [3.63, 3.8) is 0 Å². The number of benzene rings is 1. The van der Waals surface area contributed by atoms with Crippen molar-refractivity contribution in [3.8, 4) is 5.75 Å². The number of nitrogens with one attached hydrogen (secondary N) is 2. The highest BCUT2D eigenvalue weighted by atomic mass is 32.1. The van der Waals surface area contributed by atoms with Gasteiger partial charge in [0.05, 0.1) is 18.1 Å². The Morgan fingerprint density at radius 3 is 2.68 bits per heavy atom. The van der Waals surface area contributed by atoms with E-state index in [1.807, 2.05) is 19.1 Å². The first-order chi connectivity index (χ1) is 11.7. The lowest BCUT2D eigenvalue weighted by Crippen LogP contribution is -2.27. The number of amides is 1. The van der Waals surface area contributed by atoms with Gasteiger partial charge in [-0.2, -0.15) is 0 Å². The van der Waals surface area contributed by atoms with Gasteiger partial charge >= 0.3 is 6.09 Å². The molecule has 0 bridgehead atoms. The van der Waals surface area contributed by atoms with E-state index in [1.54, 1.807) is 27.9 Å². The van der Waals surface area contributed by atoms with Crippen LogP contribution in [0.2, 0.25) is 0 Å². The summed E-state index contributed by atoms with van der Waals surface area (Å²) >= 11 is 1.10. The van der Waals surface area contributed by atoms with E-state index in [-0.39, 0.29) is 5.56 Å². The van der Waals surface area contributed by atoms with Gasteiger partial charge in [0.2, 0.25) is 0 Å². The predicted molar refractivity (Wildman–Crippen MR) is 98.9 cm³/mol. The smallest absolute Gasteiger partial charge is 0.413 e. The van der Waals surface area contributed by atoms with E-state index in [0.717, 1.165) is 22.3 Å². The molecule has 2 aromatic heterocycles. The van der Waals surface area contributed by atoms with E-state index in [2.05, 4.69) is 15.3 Å². The highest BCUT2D eigenvalue weighted by Gasteiger charge is 2.19. The molecule has 0 aliphatic carbocycles. The van der Waals surface area contributed by atoms with Gasteiger partial charge in [0.15, 0.2) is 5.13 Å². The summed E-state index contributed by atoms with van der Waals surface area (Å²) in [4.78, 5) is 31.6. The number of pyridine rings is 1. The molecule has 0 radical (unpaired) electrons. The third-order valence-electron chi connectivity index (χ3n) is 3.48. The Balaban J connectivity index is 2.11. The number of thiazole rings is 1. The number of hydrogen-bond donors (Lipinski definition) is 2. The lowest BCUT2D eigenvalue weighted by Gasteiger charge is -2.18. The Labute approximate surface area is 148 Å². The monoisotopic (exact) mass is 361 g/mol. The molecule has 7 nitrogen and oxygen atoms in total. The number of hydrogen-bond acceptors (Lipinski definition) is 6. The molecule has 0 unspecified atom stereocenters. The molecule has 1 amide bonds. The van der Waals surface area contributed by atoms with Gasteiger partial charge in [-0.1, -0.05) is 11.3 Å². The van der Waals surface area contributed by atoms with E-state index in [0.29, 0.717) is 26.6 Å². The number of fused-ring (bicyclic) bond motifs is 3. The molecule has 0 aliphatic rings. The number of nitrogens with zero attached hydrogens (tertiary/aromatic N) is 1. The molecule has 0 saturated heterocycles. The number of carbonyl (C=O) groups is 1. The SMILES string of the molecule is COc1cc(C)c2[nH]c(=O)c3sc(NC(=O)OC(C)(C)C)nc3c2c1. The molecule has 8 heteroatoms. The molecule has 2 heterocycles. The van der Waals surface area contributed by atoms with Gasteiger partial charge in [-0.15, -0.1) is 0 Å². The molecular formula is C17H19N3O4S. The molecule has 3 aromatic rings. The molecule has 0 fully saturated rings. The number of H-pyrrole nitrogens is 1. The van der Waals surface area contributed by atoms with E-state index >= 15 is 0 Å². The van der Waals surface area contributed by atoms with Crippen LogP contribution in [0.25, 0.3) is 21.1 Å². The summed E-state index contributed by atoms with van der Waals surface area (Å²) in [6.07, 6.45) is -0.610. The van der Waals surface area contributed by atoms with Gasteiger partial charge in [0.25, 0.3) is 5.56 Å². The van der Waals surface area contributed by atoms with E-state index in [1.165, 1.54) is 0 Å². The lowest BCUT2D eigenvalue weighted by molar-refractivity contribution is 0.0636. The zero-order valence-corrected chi connectivity index (χ0v) is 15.5. The van der Waals surface area contributed by atoms with Crippen LogP contribution in [-0.2, 0) is 4.74 Å². The minimum absolute atomic E-state index is 0.245. The van der Waals surface area contributed by atoms with Crippen molar-refractivity contribution in [1.82, 2.24) is 9.97 Å². The largest absolute Gasteiger partial charge is 0.497 e. The minimum atomic E-state index is -0.616. The Hall–Kier alpha value is -2.61. The number of rotatable bonds is 2. The van der Waals surface area contributed by atoms with Crippen molar-refractivity contribution < 1.29 is 14.3 Å². The van der Waals surface area contributed by atoms with Crippen LogP contribution in [0, 0.1) is 6.92 Å². The highest BCUT2D eigenvalue weighted by molar-refractivity contribution is 7.22. The number of aryl methyl sites for hydroxylation is 1. The Morgan fingerprint density at radius 2 is 2.04 bits per heavy atom. The van der Waals surface area contributed by atoms with Crippen molar-refractivity contribution >= 4 is 43.7 Å². The summed E-state index contributed by atoms with van der Waals surface area (Å²) < 4.78 is 11.0. The summed E-state index contributed by atoms with van der Waals surface area (Å²) in [5.41, 5.74) is 1.24. The first-order valence-electron chi connectivity index (χ1n) is 7.69. The fraction of sp³-hybridized carbons (Fsp3) is 0.353. The maximum Gasteiger partial charge on any atom is 0.413 e. The minimum Gasteiger partial charge on any atom is -0.497 e. The summed E-state index contributed by atoms with van der Waals surface area (Å²) in [6, 6.07) is 3.66. The zero-order chi connectivity index (χ0) is 18.4. The van der Waals surface area contributed by atoms with E-state index < -0.39 is 11.7 Å². The maximum absolute atomic E-state index is 12.4. The molecule has 0 atom stereocenters. The third kappa shape index (κ3) is 3.43. The second-order valence-electron chi connectivity index (χ2n) is 6.64. The zero-order valence-electron chi connectivity index (χ0n) is 14.6. The lowest BCUT2D eigenvalue weighted by atomic mass is 10.1. The average molecular weight is 361 g/mol. The van der Waals surface area contributed by atoms with Gasteiger partial charge < -0.3 is 14.5 Å². The number of aromatic amines is 1. The van der Waals surface area contributed by atoms with Crippen molar-refractivity contribution in [2.75, 3.05) is 12.4 Å². The number of anilines is 1. The van der Waals surface area contributed by atoms with Gasteiger partial charge in [-0.05, 0) is 45.4 Å². The molecule has 0 aliphatic heterocycles. The van der Waals surface area contributed by atoms with Crippen molar-refractivity contribution in [3.05, 3.63) is 28.0 Å². The van der Waals surface area contributed by atoms with Crippen LogP contribution in [0.5, 0.6) is 5.75 Å². The van der Waals surface area contributed by atoms with Crippen molar-refractivity contribution in [2.24, 2.45) is 0 Å². The van der Waals surface area contributed by atoms with Crippen LogP contribution in [-0.4, -0.2) is 28.8 Å². The van der Waals surface area contributed by atoms with Gasteiger partial charge in [-0.3, -0.25) is 10.1 Å². The average Bonchev–Trinajstić information content (AvgIpc) is 2.90. The fourth-order valence-electron chi connectivity index (χ4n) is 2.50. The molecule has 1 aromatic carbocycles. The van der Waals surface area contributed by atoms with E-state index in [9.17, 15) is 9.59 Å². The first-order valence-corrected chi connectivity index (χ1v) is 8.51. The van der Waals surface area contributed by atoms with Crippen LogP contribution < -0.4 is 15.6 Å². The first kappa shape index (κ1) is 17.2. The summed E-state index contributed by atoms with van der Waals surface area (Å²) in [5.74, 6) is 0.674. The number of carbonyl (C=O) groups excluding carboxylic acids is 1. The topological polar surface area (TPSA) is 93.3 Å². The maximum atomic E-state index is 12.4. The number of ether oxygens (including phenoxy) is 2. The molecule has 132 valence electrons. The summed E-state index contributed by atoms with van der Waals surface area (Å²) in [7, 11) is 1.58. The molecule has 2 N–H and O–H groups in total. The Kier molecular flexibility index (Phi) is 4.16. The van der Waals surface area contributed by atoms with Crippen LogP contribution in [0.1, 0.15) is 26.3 Å². The van der Waals surface area contributed by atoms with Gasteiger partial charge in [0, 0.05) is 5.39 Å². The summed E-state index contributed by atoms with van der Waals surface area (Å²) in [5, 5.41) is 3.66. The van der Waals surface area contributed by atoms with Crippen LogP contribution >= 0.6 is 11.3 Å². The highest BCUT2D eigenvalue weighted by Crippen LogP contribution is 2.32. The second-order valence-corrected chi connectivity index (χ2v) is 7.64. The third-order valence-corrected chi connectivity index (χ3v) is 4.45. The molecule has 0 saturated carbocycles. The van der Waals surface area contributed by atoms with Gasteiger partial charge in [0.1, 0.15) is 16.1 Å². The summed E-state index contributed by atoms with van der Waals surface area (Å²) in [6.45, 7) is 7.22. The van der Waals surface area contributed by atoms with Crippen LogP contribution in [0.15, 0.2) is 16.9 Å². The predicted octanol–water partition coefficient (Wildman–Crippen LogP) is 3.80. The molecule has 3 rings (SSSR count). The number of methoxy groups -OCH3 is 1. The fourth-order valence-corrected chi connectivity index (χ4v) is 3.36. The molecule has 0 spiro atoms. The van der Waals surface area contributed by atoms with E-state index in [4.69, 9.17) is 9.47 Å². The van der Waals surface area contributed by atoms with Crippen molar-refractivity contribution in [2.45, 2.75) is 33.3 Å². The number of aromatic nitrogens is 2.